The number of nitrogens with one attached hydrogen (secondary N) is 1. The SMILES string of the molecule is CC1CC(N[C@@H](C)c2ccc(Cl)cc2)CC(C)(C)C1. The largest absolute Gasteiger partial charge is 0.307 e. The van der Waals surface area contributed by atoms with Crippen LogP contribution in [0.4, 0.5) is 0 Å². The van der Waals surface area contributed by atoms with E-state index in [1.165, 1.54) is 24.8 Å². The van der Waals surface area contributed by atoms with E-state index in [1.54, 1.807) is 0 Å². The number of hydrogen-bond donors (Lipinski definition) is 1. The molecule has 2 rings (SSSR count). The van der Waals surface area contributed by atoms with Crippen molar-refractivity contribution in [3.8, 4) is 0 Å². The fourth-order valence-electron chi connectivity index (χ4n) is 3.67. The molecule has 0 spiro atoms. The van der Waals surface area contributed by atoms with Crippen molar-refractivity contribution in [3.05, 3.63) is 34.9 Å². The molecule has 1 nitrogen and oxygen atoms in total. The fourth-order valence-corrected chi connectivity index (χ4v) is 3.80. The summed E-state index contributed by atoms with van der Waals surface area (Å²) in [4.78, 5) is 0. The monoisotopic (exact) mass is 279 g/mol. The van der Waals surface area contributed by atoms with Gasteiger partial charge in [-0.25, -0.2) is 0 Å². The molecule has 1 saturated carbocycles. The highest BCUT2D eigenvalue weighted by atomic mass is 35.5. The number of hydrogen-bond acceptors (Lipinski definition) is 1. The third-order valence-corrected chi connectivity index (χ3v) is 4.49. The number of benzene rings is 1. The van der Waals surface area contributed by atoms with Crippen LogP contribution in [0.25, 0.3) is 0 Å². The van der Waals surface area contributed by atoms with E-state index < -0.39 is 0 Å². The van der Waals surface area contributed by atoms with Crippen LogP contribution in [0.3, 0.4) is 0 Å². The van der Waals surface area contributed by atoms with Crippen molar-refractivity contribution in [2.24, 2.45) is 11.3 Å². The Morgan fingerprint density at radius 2 is 1.84 bits per heavy atom. The molecule has 0 bridgehead atoms. The molecule has 0 aromatic heterocycles. The summed E-state index contributed by atoms with van der Waals surface area (Å²) in [6.07, 6.45) is 3.91. The van der Waals surface area contributed by atoms with Crippen molar-refractivity contribution in [2.75, 3.05) is 0 Å². The van der Waals surface area contributed by atoms with Gasteiger partial charge in [0.25, 0.3) is 0 Å². The summed E-state index contributed by atoms with van der Waals surface area (Å²) in [5, 5.41) is 4.61. The molecule has 19 heavy (non-hydrogen) atoms. The second-order valence-electron chi connectivity index (χ2n) is 7.05. The van der Waals surface area contributed by atoms with E-state index in [0.29, 0.717) is 17.5 Å². The Labute approximate surface area is 122 Å². The maximum atomic E-state index is 5.94. The molecule has 1 aliphatic rings. The Morgan fingerprint density at radius 1 is 1.21 bits per heavy atom. The van der Waals surface area contributed by atoms with Crippen LogP contribution in [0.5, 0.6) is 0 Å². The number of halogens is 1. The summed E-state index contributed by atoms with van der Waals surface area (Å²) in [6, 6.07) is 9.22. The zero-order valence-electron chi connectivity index (χ0n) is 12.5. The van der Waals surface area contributed by atoms with E-state index in [4.69, 9.17) is 11.6 Å². The zero-order chi connectivity index (χ0) is 14.0. The van der Waals surface area contributed by atoms with Crippen molar-refractivity contribution in [1.29, 1.82) is 0 Å². The Morgan fingerprint density at radius 3 is 2.42 bits per heavy atom. The van der Waals surface area contributed by atoms with E-state index >= 15 is 0 Å². The maximum absolute atomic E-state index is 5.94. The van der Waals surface area contributed by atoms with E-state index in [2.05, 4.69) is 45.1 Å². The molecule has 1 fully saturated rings. The van der Waals surface area contributed by atoms with Gasteiger partial charge in [-0.15, -0.1) is 0 Å². The number of rotatable bonds is 3. The lowest BCUT2D eigenvalue weighted by Crippen LogP contribution is -2.41. The van der Waals surface area contributed by atoms with Gasteiger partial charge in [-0.3, -0.25) is 0 Å². The van der Waals surface area contributed by atoms with Crippen LogP contribution in [0.1, 0.15) is 58.6 Å². The van der Waals surface area contributed by atoms with Crippen LogP contribution in [-0.2, 0) is 0 Å². The molecule has 0 aliphatic heterocycles. The molecule has 1 N–H and O–H groups in total. The molecule has 1 aliphatic carbocycles. The molecule has 2 unspecified atom stereocenters. The van der Waals surface area contributed by atoms with Crippen molar-refractivity contribution >= 4 is 11.6 Å². The first-order valence-electron chi connectivity index (χ1n) is 7.37. The third-order valence-electron chi connectivity index (χ3n) is 4.24. The van der Waals surface area contributed by atoms with Crippen LogP contribution in [0.15, 0.2) is 24.3 Å². The molecule has 2 heteroatoms. The first-order valence-corrected chi connectivity index (χ1v) is 7.75. The Balaban J connectivity index is 1.98. The van der Waals surface area contributed by atoms with Gasteiger partial charge in [0.1, 0.15) is 0 Å². The summed E-state index contributed by atoms with van der Waals surface area (Å²) in [6.45, 7) is 9.41. The Kier molecular flexibility index (Phi) is 4.58. The molecule has 1 aromatic rings. The lowest BCUT2D eigenvalue weighted by molar-refractivity contribution is 0.145. The van der Waals surface area contributed by atoms with Gasteiger partial charge in [-0.1, -0.05) is 44.5 Å². The molecule has 1 aromatic carbocycles. The third kappa shape index (κ3) is 4.22. The van der Waals surface area contributed by atoms with Crippen LogP contribution in [0, 0.1) is 11.3 Å². The van der Waals surface area contributed by atoms with Crippen LogP contribution in [-0.4, -0.2) is 6.04 Å². The van der Waals surface area contributed by atoms with Gasteiger partial charge in [-0.05, 0) is 55.2 Å². The smallest absolute Gasteiger partial charge is 0.0406 e. The predicted octanol–water partition coefficient (Wildman–Crippen LogP) is 5.21. The van der Waals surface area contributed by atoms with E-state index in [1.807, 2.05) is 12.1 Å². The molecule has 0 heterocycles. The minimum atomic E-state index is 0.392. The Hall–Kier alpha value is -0.530. The lowest BCUT2D eigenvalue weighted by Gasteiger charge is -2.40. The predicted molar refractivity (Wildman–Crippen MR) is 83.6 cm³/mol. The quantitative estimate of drug-likeness (QED) is 0.801. The lowest BCUT2D eigenvalue weighted by atomic mass is 9.70. The average Bonchev–Trinajstić information content (AvgIpc) is 2.26. The molecule has 0 radical (unpaired) electrons. The molecule has 0 amide bonds. The van der Waals surface area contributed by atoms with Gasteiger partial charge in [-0.2, -0.15) is 0 Å². The highest BCUT2D eigenvalue weighted by Gasteiger charge is 2.32. The second-order valence-corrected chi connectivity index (χ2v) is 7.49. The zero-order valence-corrected chi connectivity index (χ0v) is 13.3. The summed E-state index contributed by atoms with van der Waals surface area (Å²) >= 11 is 5.94. The van der Waals surface area contributed by atoms with Crippen molar-refractivity contribution < 1.29 is 0 Å². The maximum Gasteiger partial charge on any atom is 0.0406 e. The van der Waals surface area contributed by atoms with E-state index in [9.17, 15) is 0 Å². The minimum Gasteiger partial charge on any atom is -0.307 e. The molecular weight excluding hydrogens is 254 g/mol. The van der Waals surface area contributed by atoms with Gasteiger partial charge >= 0.3 is 0 Å². The second kappa shape index (κ2) is 5.85. The minimum absolute atomic E-state index is 0.392. The summed E-state index contributed by atoms with van der Waals surface area (Å²) in [5.41, 5.74) is 1.79. The standard InChI is InChI=1S/C17H26ClN/c1-12-9-16(11-17(3,4)10-12)19-13(2)14-5-7-15(18)8-6-14/h5-8,12-13,16,19H,9-11H2,1-4H3/t12?,13-,16?/m0/s1. The van der Waals surface area contributed by atoms with E-state index in [-0.39, 0.29) is 0 Å². The van der Waals surface area contributed by atoms with Gasteiger partial charge in [0.05, 0.1) is 0 Å². The van der Waals surface area contributed by atoms with Gasteiger partial charge in [0.15, 0.2) is 0 Å². The Bertz CT molecular complexity index is 410. The molecule has 106 valence electrons. The highest BCUT2D eigenvalue weighted by Crippen LogP contribution is 2.39. The highest BCUT2D eigenvalue weighted by molar-refractivity contribution is 6.30. The summed E-state index contributed by atoms with van der Waals surface area (Å²) in [5.74, 6) is 0.818. The van der Waals surface area contributed by atoms with Gasteiger partial charge < -0.3 is 5.32 Å². The van der Waals surface area contributed by atoms with Crippen LogP contribution < -0.4 is 5.32 Å². The van der Waals surface area contributed by atoms with Crippen LogP contribution in [0.2, 0.25) is 5.02 Å². The summed E-state index contributed by atoms with van der Waals surface area (Å²) < 4.78 is 0. The molecule has 0 saturated heterocycles. The van der Waals surface area contributed by atoms with Crippen LogP contribution >= 0.6 is 11.6 Å². The first-order chi connectivity index (χ1) is 8.85. The van der Waals surface area contributed by atoms with Crippen molar-refractivity contribution in [3.63, 3.8) is 0 Å². The topological polar surface area (TPSA) is 12.0 Å². The summed E-state index contributed by atoms with van der Waals surface area (Å²) in [7, 11) is 0. The van der Waals surface area contributed by atoms with Gasteiger partial charge in [0.2, 0.25) is 0 Å². The van der Waals surface area contributed by atoms with Gasteiger partial charge in [0, 0.05) is 17.1 Å². The first kappa shape index (κ1) is 14.9. The normalized spacial score (nSPS) is 28.1. The molecular formula is C17H26ClN. The van der Waals surface area contributed by atoms with E-state index in [0.717, 1.165) is 10.9 Å². The van der Waals surface area contributed by atoms with Crippen molar-refractivity contribution in [2.45, 2.75) is 59.0 Å². The van der Waals surface area contributed by atoms with Crippen molar-refractivity contribution in [1.82, 2.24) is 5.32 Å². The average molecular weight is 280 g/mol. The fraction of sp³-hybridized carbons (Fsp3) is 0.647. The molecule has 3 atom stereocenters.